The summed E-state index contributed by atoms with van der Waals surface area (Å²) in [6.45, 7) is 5.51. The van der Waals surface area contributed by atoms with Crippen LogP contribution >= 0.6 is 24.0 Å². The van der Waals surface area contributed by atoms with E-state index in [2.05, 4.69) is 5.32 Å². The molecule has 2 rings (SSSR count). The van der Waals surface area contributed by atoms with Gasteiger partial charge in [-0.1, -0.05) is 24.0 Å². The van der Waals surface area contributed by atoms with E-state index < -0.39 is 0 Å². The predicted octanol–water partition coefficient (Wildman–Crippen LogP) is 2.83. The minimum Gasteiger partial charge on any atom is -0.493 e. The third-order valence-corrected chi connectivity index (χ3v) is 5.05. The molecule has 0 aliphatic carbocycles. The van der Waals surface area contributed by atoms with Crippen molar-refractivity contribution in [3.63, 3.8) is 0 Å². The second-order valence-corrected chi connectivity index (χ2v) is 8.70. The summed E-state index contributed by atoms with van der Waals surface area (Å²) in [4.78, 5) is 26.6. The number of carbonyl (C=O) groups is 2. The predicted molar refractivity (Wildman–Crippen MR) is 114 cm³/mol. The minimum absolute atomic E-state index is 0.117. The maximum absolute atomic E-state index is 12.7. The minimum atomic E-state index is -0.385. The van der Waals surface area contributed by atoms with Gasteiger partial charge in [0.1, 0.15) is 10.9 Å². The molecule has 1 saturated heterocycles. The van der Waals surface area contributed by atoms with Gasteiger partial charge in [0.2, 0.25) is 11.7 Å². The molecular formula is C19H24N2O5S2. The van der Waals surface area contributed by atoms with Crippen molar-refractivity contribution >= 4 is 46.2 Å². The molecule has 1 N–H and O–H groups in total. The summed E-state index contributed by atoms with van der Waals surface area (Å²) >= 11 is 6.43. The average Bonchev–Trinajstić information content (AvgIpc) is 2.86. The third kappa shape index (κ3) is 5.17. The number of thiocarbonyl (C=S) groups is 1. The monoisotopic (exact) mass is 424 g/mol. The molecule has 1 aliphatic heterocycles. The Kier molecular flexibility index (Phi) is 6.95. The second-order valence-electron chi connectivity index (χ2n) is 7.02. The zero-order valence-corrected chi connectivity index (χ0v) is 18.4. The van der Waals surface area contributed by atoms with E-state index in [4.69, 9.17) is 26.4 Å². The quantitative estimate of drug-likeness (QED) is 0.556. The molecule has 0 atom stereocenters. The fraction of sp³-hybridized carbons (Fsp3) is 0.421. The van der Waals surface area contributed by atoms with Crippen molar-refractivity contribution in [3.05, 3.63) is 22.6 Å². The Morgan fingerprint density at radius 1 is 1.18 bits per heavy atom. The summed E-state index contributed by atoms with van der Waals surface area (Å²) in [7, 11) is 4.57. The zero-order valence-electron chi connectivity index (χ0n) is 16.7. The number of rotatable bonds is 6. The number of nitrogens with one attached hydrogen (secondary N) is 1. The van der Waals surface area contributed by atoms with Crippen molar-refractivity contribution in [1.82, 2.24) is 10.2 Å². The van der Waals surface area contributed by atoms with Crippen molar-refractivity contribution in [3.8, 4) is 17.2 Å². The molecule has 0 radical (unpaired) electrons. The van der Waals surface area contributed by atoms with Crippen molar-refractivity contribution in [1.29, 1.82) is 0 Å². The van der Waals surface area contributed by atoms with Crippen molar-refractivity contribution < 1.29 is 23.8 Å². The smallest absolute Gasteiger partial charge is 0.266 e. The van der Waals surface area contributed by atoms with Crippen LogP contribution in [0.15, 0.2) is 17.0 Å². The van der Waals surface area contributed by atoms with E-state index in [1.165, 1.54) is 26.2 Å². The number of ether oxygens (including phenoxy) is 3. The van der Waals surface area contributed by atoms with E-state index in [0.717, 1.165) is 11.8 Å². The highest BCUT2D eigenvalue weighted by Gasteiger charge is 2.34. The molecule has 1 aromatic rings. The number of hydrogen-bond acceptors (Lipinski definition) is 7. The summed E-state index contributed by atoms with van der Waals surface area (Å²) in [6.07, 6.45) is 1.69. The van der Waals surface area contributed by atoms with Crippen LogP contribution in [0.5, 0.6) is 17.2 Å². The summed E-state index contributed by atoms with van der Waals surface area (Å²) in [5.74, 6) is 0.848. The standard InChI is InChI=1S/C19H24N2O5S2/c1-19(2,3)20-15(22)10-21-17(23)14(28-18(21)27)9-11-7-12(24-4)16(26-6)13(8-11)25-5/h7-9H,10H2,1-6H3,(H,20,22). The van der Waals surface area contributed by atoms with E-state index in [9.17, 15) is 9.59 Å². The van der Waals surface area contributed by atoms with E-state index in [1.54, 1.807) is 18.2 Å². The van der Waals surface area contributed by atoms with E-state index in [0.29, 0.717) is 32.0 Å². The molecule has 1 aromatic carbocycles. The summed E-state index contributed by atoms with van der Waals surface area (Å²) in [5.41, 5.74) is 0.304. The Bertz CT molecular complexity index is 805. The Balaban J connectivity index is 2.27. The lowest BCUT2D eigenvalue weighted by molar-refractivity contribution is -0.129. The molecule has 1 aliphatic rings. The number of carbonyl (C=O) groups excluding carboxylic acids is 2. The Morgan fingerprint density at radius 3 is 2.21 bits per heavy atom. The van der Waals surface area contributed by atoms with Gasteiger partial charge in [0.25, 0.3) is 5.91 Å². The maximum Gasteiger partial charge on any atom is 0.266 e. The first-order chi connectivity index (χ1) is 13.1. The molecule has 9 heteroatoms. The maximum atomic E-state index is 12.7. The van der Waals surface area contributed by atoms with Crippen molar-refractivity contribution in [2.75, 3.05) is 27.9 Å². The molecule has 28 heavy (non-hydrogen) atoms. The summed E-state index contributed by atoms with van der Waals surface area (Å²) in [5, 5.41) is 2.83. The van der Waals surface area contributed by atoms with E-state index in [1.807, 2.05) is 20.8 Å². The van der Waals surface area contributed by atoms with Gasteiger partial charge in [0.05, 0.1) is 26.2 Å². The van der Waals surface area contributed by atoms with Gasteiger partial charge in [-0.15, -0.1) is 0 Å². The van der Waals surface area contributed by atoms with E-state index in [-0.39, 0.29) is 23.9 Å². The first kappa shape index (κ1) is 22.0. The molecule has 0 bridgehead atoms. The van der Waals surface area contributed by atoms with Gasteiger partial charge in [-0.05, 0) is 44.5 Å². The highest BCUT2D eigenvalue weighted by molar-refractivity contribution is 8.26. The molecule has 0 saturated carbocycles. The SMILES string of the molecule is COc1cc(C=C2SC(=S)N(CC(=O)NC(C)(C)C)C2=O)cc(OC)c1OC. The first-order valence-corrected chi connectivity index (χ1v) is 9.68. The lowest BCUT2D eigenvalue weighted by Crippen LogP contribution is -2.46. The number of methoxy groups -OCH3 is 3. The zero-order chi connectivity index (χ0) is 21.1. The van der Waals surface area contributed by atoms with Crippen LogP contribution in [-0.4, -0.2) is 54.4 Å². The molecule has 1 fully saturated rings. The number of nitrogens with zero attached hydrogens (tertiary/aromatic N) is 1. The normalized spacial score (nSPS) is 15.8. The van der Waals surface area contributed by atoms with Crippen LogP contribution in [0.4, 0.5) is 0 Å². The van der Waals surface area contributed by atoms with Crippen LogP contribution in [0.1, 0.15) is 26.3 Å². The van der Waals surface area contributed by atoms with Crippen LogP contribution in [-0.2, 0) is 9.59 Å². The van der Waals surface area contributed by atoms with Gasteiger partial charge in [-0.25, -0.2) is 0 Å². The fourth-order valence-electron chi connectivity index (χ4n) is 2.57. The average molecular weight is 425 g/mol. The van der Waals surface area contributed by atoms with Crippen molar-refractivity contribution in [2.45, 2.75) is 26.3 Å². The van der Waals surface area contributed by atoms with Crippen molar-refractivity contribution in [2.24, 2.45) is 0 Å². The lowest BCUT2D eigenvalue weighted by atomic mass is 10.1. The molecule has 0 aromatic heterocycles. The van der Waals surface area contributed by atoms with Crippen LogP contribution in [0.2, 0.25) is 0 Å². The third-order valence-electron chi connectivity index (χ3n) is 3.67. The lowest BCUT2D eigenvalue weighted by Gasteiger charge is -2.22. The molecule has 152 valence electrons. The van der Waals surface area contributed by atoms with Gasteiger partial charge in [-0.3, -0.25) is 14.5 Å². The van der Waals surface area contributed by atoms with Crippen LogP contribution in [0, 0.1) is 0 Å². The highest BCUT2D eigenvalue weighted by Crippen LogP contribution is 2.40. The van der Waals surface area contributed by atoms with Gasteiger partial charge >= 0.3 is 0 Å². The molecule has 0 spiro atoms. The van der Waals surface area contributed by atoms with Crippen LogP contribution in [0.3, 0.4) is 0 Å². The van der Waals surface area contributed by atoms with Crippen LogP contribution in [0.25, 0.3) is 6.08 Å². The summed E-state index contributed by atoms with van der Waals surface area (Å²) in [6, 6.07) is 3.47. The molecular weight excluding hydrogens is 400 g/mol. The largest absolute Gasteiger partial charge is 0.493 e. The number of amides is 2. The molecule has 2 amide bonds. The van der Waals surface area contributed by atoms with Crippen LogP contribution < -0.4 is 19.5 Å². The van der Waals surface area contributed by atoms with Gasteiger partial charge < -0.3 is 19.5 Å². The molecule has 0 unspecified atom stereocenters. The fourth-order valence-corrected chi connectivity index (χ4v) is 3.83. The Labute approximate surface area is 174 Å². The topological polar surface area (TPSA) is 77.1 Å². The van der Waals surface area contributed by atoms with E-state index >= 15 is 0 Å². The number of thioether (sulfide) groups is 1. The first-order valence-electron chi connectivity index (χ1n) is 8.46. The molecule has 1 heterocycles. The van der Waals surface area contributed by atoms with Gasteiger partial charge in [0.15, 0.2) is 11.5 Å². The van der Waals surface area contributed by atoms with Gasteiger partial charge in [-0.2, -0.15) is 0 Å². The number of hydrogen-bond donors (Lipinski definition) is 1. The summed E-state index contributed by atoms with van der Waals surface area (Å²) < 4.78 is 16.3. The molecule has 7 nitrogen and oxygen atoms in total. The second kappa shape index (κ2) is 8.83. The highest BCUT2D eigenvalue weighted by atomic mass is 32.2. The number of benzene rings is 1. The Morgan fingerprint density at radius 2 is 1.75 bits per heavy atom. The van der Waals surface area contributed by atoms with Gasteiger partial charge in [0, 0.05) is 5.54 Å². The Hall–Kier alpha value is -2.26.